The predicted octanol–water partition coefficient (Wildman–Crippen LogP) is 1.58. The summed E-state index contributed by atoms with van der Waals surface area (Å²) in [7, 11) is 1.79. The van der Waals surface area contributed by atoms with Crippen molar-refractivity contribution in [3.05, 3.63) is 47.8 Å². The van der Waals surface area contributed by atoms with Gasteiger partial charge < -0.3 is 15.7 Å². The SMILES string of the molecule is Cc1nn(C)cc1NC(=O)N[C@H](CO)c1ccccc1. The third-order valence-electron chi connectivity index (χ3n) is 2.95. The van der Waals surface area contributed by atoms with Crippen molar-refractivity contribution in [1.82, 2.24) is 15.1 Å². The highest BCUT2D eigenvalue weighted by molar-refractivity contribution is 5.89. The Morgan fingerprint density at radius 1 is 1.40 bits per heavy atom. The number of hydrogen-bond donors (Lipinski definition) is 3. The van der Waals surface area contributed by atoms with Crippen molar-refractivity contribution in [2.75, 3.05) is 11.9 Å². The van der Waals surface area contributed by atoms with E-state index in [0.29, 0.717) is 5.69 Å². The number of nitrogens with zero attached hydrogens (tertiary/aromatic N) is 2. The predicted molar refractivity (Wildman–Crippen MR) is 76.4 cm³/mol. The molecular weight excluding hydrogens is 256 g/mol. The van der Waals surface area contributed by atoms with Crippen LogP contribution in [-0.2, 0) is 7.05 Å². The molecule has 1 aromatic heterocycles. The van der Waals surface area contributed by atoms with Crippen LogP contribution in [0, 0.1) is 6.92 Å². The zero-order chi connectivity index (χ0) is 14.5. The summed E-state index contributed by atoms with van der Waals surface area (Å²) in [5.41, 5.74) is 2.24. The summed E-state index contributed by atoms with van der Waals surface area (Å²) < 4.78 is 1.63. The fraction of sp³-hybridized carbons (Fsp3) is 0.286. The highest BCUT2D eigenvalue weighted by atomic mass is 16.3. The quantitative estimate of drug-likeness (QED) is 0.792. The van der Waals surface area contributed by atoms with E-state index in [1.807, 2.05) is 37.3 Å². The Bertz CT molecular complexity index is 580. The fourth-order valence-electron chi connectivity index (χ4n) is 1.96. The number of urea groups is 1. The maximum atomic E-state index is 11.9. The van der Waals surface area contributed by atoms with E-state index >= 15 is 0 Å². The lowest BCUT2D eigenvalue weighted by Crippen LogP contribution is -2.34. The van der Waals surface area contributed by atoms with Crippen LogP contribution in [0.5, 0.6) is 0 Å². The minimum Gasteiger partial charge on any atom is -0.394 e. The molecule has 1 heterocycles. The Balaban J connectivity index is 2.01. The van der Waals surface area contributed by atoms with Gasteiger partial charge in [0.05, 0.1) is 24.0 Å². The normalized spacial score (nSPS) is 11.9. The number of amides is 2. The Kier molecular flexibility index (Phi) is 4.37. The van der Waals surface area contributed by atoms with Gasteiger partial charge in [-0.05, 0) is 12.5 Å². The summed E-state index contributed by atoms with van der Waals surface area (Å²) in [6.45, 7) is 1.65. The lowest BCUT2D eigenvalue weighted by molar-refractivity contribution is 0.225. The zero-order valence-electron chi connectivity index (χ0n) is 11.5. The highest BCUT2D eigenvalue weighted by Gasteiger charge is 2.14. The second kappa shape index (κ2) is 6.21. The summed E-state index contributed by atoms with van der Waals surface area (Å²) >= 11 is 0. The van der Waals surface area contributed by atoms with Gasteiger partial charge in [0.15, 0.2) is 0 Å². The molecule has 0 fully saturated rings. The van der Waals surface area contributed by atoms with Crippen LogP contribution in [0.3, 0.4) is 0 Å². The van der Waals surface area contributed by atoms with Gasteiger partial charge in [-0.15, -0.1) is 0 Å². The molecule has 0 saturated carbocycles. The fourth-order valence-corrected chi connectivity index (χ4v) is 1.96. The number of carbonyl (C=O) groups is 1. The molecule has 106 valence electrons. The smallest absolute Gasteiger partial charge is 0.319 e. The van der Waals surface area contributed by atoms with Crippen molar-refractivity contribution in [2.24, 2.45) is 7.05 Å². The van der Waals surface area contributed by atoms with Crippen LogP contribution in [0.4, 0.5) is 10.5 Å². The van der Waals surface area contributed by atoms with Crippen LogP contribution in [0.1, 0.15) is 17.3 Å². The third-order valence-corrected chi connectivity index (χ3v) is 2.95. The second-order valence-corrected chi connectivity index (χ2v) is 4.55. The van der Waals surface area contributed by atoms with E-state index < -0.39 is 6.04 Å². The Morgan fingerprint density at radius 2 is 2.10 bits per heavy atom. The maximum Gasteiger partial charge on any atom is 0.319 e. The molecule has 20 heavy (non-hydrogen) atoms. The second-order valence-electron chi connectivity index (χ2n) is 4.55. The third kappa shape index (κ3) is 3.36. The molecule has 0 radical (unpaired) electrons. The maximum absolute atomic E-state index is 11.9. The van der Waals surface area contributed by atoms with E-state index in [4.69, 9.17) is 0 Å². The van der Waals surface area contributed by atoms with Crippen molar-refractivity contribution in [3.8, 4) is 0 Å². The number of aromatic nitrogens is 2. The lowest BCUT2D eigenvalue weighted by atomic mass is 10.1. The van der Waals surface area contributed by atoms with Gasteiger partial charge in [0.25, 0.3) is 0 Å². The molecule has 6 heteroatoms. The summed E-state index contributed by atoms with van der Waals surface area (Å²) in [5, 5.41) is 19.0. The topological polar surface area (TPSA) is 79.2 Å². The van der Waals surface area contributed by atoms with Gasteiger partial charge in [-0.1, -0.05) is 30.3 Å². The first-order chi connectivity index (χ1) is 9.60. The van der Waals surface area contributed by atoms with Crippen LogP contribution < -0.4 is 10.6 Å². The number of hydrogen-bond acceptors (Lipinski definition) is 3. The number of aliphatic hydroxyl groups is 1. The molecule has 1 aromatic carbocycles. The molecule has 0 aliphatic heterocycles. The number of nitrogens with one attached hydrogen (secondary N) is 2. The molecule has 6 nitrogen and oxygen atoms in total. The van der Waals surface area contributed by atoms with Crippen molar-refractivity contribution >= 4 is 11.7 Å². The van der Waals surface area contributed by atoms with Gasteiger partial charge >= 0.3 is 6.03 Å². The van der Waals surface area contributed by atoms with Crippen LogP contribution in [0.25, 0.3) is 0 Å². The van der Waals surface area contributed by atoms with Crippen molar-refractivity contribution < 1.29 is 9.90 Å². The van der Waals surface area contributed by atoms with Crippen LogP contribution >= 0.6 is 0 Å². The van der Waals surface area contributed by atoms with Crippen molar-refractivity contribution in [1.29, 1.82) is 0 Å². The van der Waals surface area contributed by atoms with Gasteiger partial charge in [0, 0.05) is 13.2 Å². The number of rotatable bonds is 4. The van der Waals surface area contributed by atoms with Crippen molar-refractivity contribution in [2.45, 2.75) is 13.0 Å². The standard InChI is InChI=1S/C14H18N4O2/c1-10-12(8-18(2)17-10)15-14(20)16-13(9-19)11-6-4-3-5-7-11/h3-8,13,19H,9H2,1-2H3,(H2,15,16,20)/t13-/m1/s1. The average molecular weight is 274 g/mol. The largest absolute Gasteiger partial charge is 0.394 e. The summed E-state index contributed by atoms with van der Waals surface area (Å²) in [4.78, 5) is 11.9. The Labute approximate surface area is 117 Å². The van der Waals surface area contributed by atoms with E-state index in [1.54, 1.807) is 17.9 Å². The van der Waals surface area contributed by atoms with Crippen LogP contribution in [-0.4, -0.2) is 27.5 Å². The number of anilines is 1. The first-order valence-corrected chi connectivity index (χ1v) is 6.33. The van der Waals surface area contributed by atoms with E-state index in [1.165, 1.54) is 0 Å². The number of carbonyl (C=O) groups excluding carboxylic acids is 1. The lowest BCUT2D eigenvalue weighted by Gasteiger charge is -2.17. The molecular formula is C14H18N4O2. The number of aryl methyl sites for hydroxylation is 2. The average Bonchev–Trinajstić information content (AvgIpc) is 2.75. The summed E-state index contributed by atoms with van der Waals surface area (Å²) in [5.74, 6) is 0. The van der Waals surface area contributed by atoms with Gasteiger partial charge in [-0.2, -0.15) is 5.10 Å². The molecule has 0 bridgehead atoms. The molecule has 2 rings (SSSR count). The van der Waals surface area contributed by atoms with Crippen molar-refractivity contribution in [3.63, 3.8) is 0 Å². The molecule has 3 N–H and O–H groups in total. The Hall–Kier alpha value is -2.34. The highest BCUT2D eigenvalue weighted by Crippen LogP contribution is 2.14. The number of benzene rings is 1. The van der Waals surface area contributed by atoms with Crippen LogP contribution in [0.15, 0.2) is 36.5 Å². The molecule has 2 amide bonds. The first-order valence-electron chi connectivity index (χ1n) is 6.33. The molecule has 0 saturated heterocycles. The first kappa shape index (κ1) is 14.1. The number of aliphatic hydroxyl groups excluding tert-OH is 1. The molecule has 0 spiro atoms. The minimum atomic E-state index is -0.437. The summed E-state index contributed by atoms with van der Waals surface area (Å²) in [6.07, 6.45) is 1.73. The van der Waals surface area contributed by atoms with Crippen LogP contribution in [0.2, 0.25) is 0 Å². The van der Waals surface area contributed by atoms with E-state index in [0.717, 1.165) is 11.3 Å². The summed E-state index contributed by atoms with van der Waals surface area (Å²) in [6, 6.07) is 8.52. The monoisotopic (exact) mass is 274 g/mol. The van der Waals surface area contributed by atoms with Gasteiger partial charge in [-0.25, -0.2) is 4.79 Å². The van der Waals surface area contributed by atoms with Gasteiger partial charge in [0.1, 0.15) is 0 Å². The van der Waals surface area contributed by atoms with E-state index in [9.17, 15) is 9.90 Å². The molecule has 0 aliphatic carbocycles. The molecule has 1 atom stereocenters. The minimum absolute atomic E-state index is 0.163. The molecule has 0 aliphatic rings. The van der Waals surface area contributed by atoms with E-state index in [2.05, 4.69) is 15.7 Å². The Morgan fingerprint density at radius 3 is 2.65 bits per heavy atom. The zero-order valence-corrected chi connectivity index (χ0v) is 11.5. The van der Waals surface area contributed by atoms with Gasteiger partial charge in [-0.3, -0.25) is 4.68 Å². The molecule has 0 unspecified atom stereocenters. The molecule has 2 aromatic rings. The van der Waals surface area contributed by atoms with Gasteiger partial charge in [0.2, 0.25) is 0 Å². The van der Waals surface area contributed by atoms with E-state index in [-0.39, 0.29) is 12.6 Å².